The van der Waals surface area contributed by atoms with Crippen LogP contribution in [-0.4, -0.2) is 29.0 Å². The van der Waals surface area contributed by atoms with E-state index in [1.54, 1.807) is 0 Å². The molecule has 0 radical (unpaired) electrons. The van der Waals surface area contributed by atoms with Gasteiger partial charge in [0.05, 0.1) is 12.0 Å². The zero-order valence-corrected chi connectivity index (χ0v) is 11.9. The average Bonchev–Trinajstić information content (AvgIpc) is 3.12. The van der Waals surface area contributed by atoms with Crippen LogP contribution in [0.25, 0.3) is 5.03 Å². The van der Waals surface area contributed by atoms with Crippen molar-refractivity contribution in [3.05, 3.63) is 23.2 Å². The Morgan fingerprint density at radius 2 is 2.05 bits per heavy atom. The van der Waals surface area contributed by atoms with E-state index >= 15 is 0 Å². The zero-order chi connectivity index (χ0) is 14.5. The maximum atomic E-state index is 14.0. The lowest BCUT2D eigenvalue weighted by atomic mass is 10.0. The van der Waals surface area contributed by atoms with Crippen LogP contribution < -0.4 is 10.6 Å². The minimum absolute atomic E-state index is 0.126. The standard InChI is InChI=1S/C12H12Cl2F2N4/c13-7(4-17)10-18-8(14)3-9(19-10)20-5-11(1-2-11)12(15,16)6-20/h3-4H,1-2,5-6,17H2. The molecule has 1 aromatic heterocycles. The summed E-state index contributed by atoms with van der Waals surface area (Å²) >= 11 is 11.7. The molecule has 0 bridgehead atoms. The van der Waals surface area contributed by atoms with Gasteiger partial charge in [0.15, 0.2) is 5.82 Å². The molecule has 1 spiro atoms. The SMILES string of the molecule is NC=C(Cl)c1nc(Cl)cc(N2CC(F)(F)C3(CC3)C2)n1. The fourth-order valence-electron chi connectivity index (χ4n) is 2.53. The average molecular weight is 321 g/mol. The van der Waals surface area contributed by atoms with Crippen molar-refractivity contribution in [1.82, 2.24) is 9.97 Å². The van der Waals surface area contributed by atoms with E-state index in [0.717, 1.165) is 6.20 Å². The molecule has 108 valence electrons. The van der Waals surface area contributed by atoms with Crippen LogP contribution in [0, 0.1) is 5.41 Å². The summed E-state index contributed by atoms with van der Waals surface area (Å²) in [6, 6.07) is 1.46. The van der Waals surface area contributed by atoms with E-state index in [9.17, 15) is 8.78 Å². The van der Waals surface area contributed by atoms with Crippen LogP contribution >= 0.6 is 23.2 Å². The van der Waals surface area contributed by atoms with Gasteiger partial charge in [-0.05, 0) is 12.8 Å². The first-order chi connectivity index (χ1) is 9.37. The molecule has 1 saturated carbocycles. The van der Waals surface area contributed by atoms with Crippen molar-refractivity contribution in [2.75, 3.05) is 18.0 Å². The van der Waals surface area contributed by atoms with Gasteiger partial charge in [0.2, 0.25) is 0 Å². The smallest absolute Gasteiger partial charge is 0.272 e. The lowest BCUT2D eigenvalue weighted by Gasteiger charge is -2.17. The van der Waals surface area contributed by atoms with Crippen molar-refractivity contribution >= 4 is 34.1 Å². The highest BCUT2D eigenvalue weighted by atomic mass is 35.5. The van der Waals surface area contributed by atoms with Crippen molar-refractivity contribution in [2.45, 2.75) is 18.8 Å². The first kappa shape index (κ1) is 13.8. The number of nitrogens with zero attached hydrogens (tertiary/aromatic N) is 3. The number of anilines is 1. The third kappa shape index (κ3) is 2.11. The molecule has 2 heterocycles. The topological polar surface area (TPSA) is 55.0 Å². The van der Waals surface area contributed by atoms with Gasteiger partial charge in [-0.25, -0.2) is 18.7 Å². The van der Waals surface area contributed by atoms with Crippen LogP contribution in [0.5, 0.6) is 0 Å². The maximum absolute atomic E-state index is 14.0. The zero-order valence-electron chi connectivity index (χ0n) is 10.4. The normalized spacial score (nSPS) is 23.4. The number of hydrogen-bond acceptors (Lipinski definition) is 4. The number of hydrogen-bond donors (Lipinski definition) is 1. The number of aromatic nitrogens is 2. The molecule has 0 atom stereocenters. The highest BCUT2D eigenvalue weighted by Crippen LogP contribution is 2.61. The summed E-state index contributed by atoms with van der Waals surface area (Å²) in [5, 5.41) is 0.269. The molecule has 2 aliphatic rings. The van der Waals surface area contributed by atoms with Crippen molar-refractivity contribution in [2.24, 2.45) is 11.1 Å². The second-order valence-electron chi connectivity index (χ2n) is 5.23. The lowest BCUT2D eigenvalue weighted by Crippen LogP contribution is -2.28. The molecule has 0 unspecified atom stereocenters. The number of nitrogens with two attached hydrogens (primary N) is 1. The molecule has 4 nitrogen and oxygen atoms in total. The van der Waals surface area contributed by atoms with Gasteiger partial charge < -0.3 is 10.6 Å². The molecule has 3 rings (SSSR count). The second kappa shape index (κ2) is 4.43. The van der Waals surface area contributed by atoms with Crippen LogP contribution in [0.3, 0.4) is 0 Å². The summed E-state index contributed by atoms with van der Waals surface area (Å²) in [7, 11) is 0. The Balaban J connectivity index is 1.94. The summed E-state index contributed by atoms with van der Waals surface area (Å²) in [4.78, 5) is 9.62. The number of alkyl halides is 2. The number of rotatable bonds is 2. The molecule has 1 aromatic rings. The summed E-state index contributed by atoms with van der Waals surface area (Å²) in [5.41, 5.74) is 4.41. The Morgan fingerprint density at radius 3 is 2.60 bits per heavy atom. The van der Waals surface area contributed by atoms with Gasteiger partial charge in [0.1, 0.15) is 16.0 Å². The summed E-state index contributed by atoms with van der Waals surface area (Å²) in [6.07, 6.45) is 2.23. The summed E-state index contributed by atoms with van der Waals surface area (Å²) < 4.78 is 27.9. The van der Waals surface area contributed by atoms with E-state index in [-0.39, 0.29) is 29.1 Å². The predicted molar refractivity (Wildman–Crippen MR) is 73.9 cm³/mol. The molecular weight excluding hydrogens is 309 g/mol. The van der Waals surface area contributed by atoms with Gasteiger partial charge in [-0.2, -0.15) is 0 Å². The Labute approximate surface area is 124 Å². The quantitative estimate of drug-likeness (QED) is 0.851. The third-order valence-corrected chi connectivity index (χ3v) is 4.37. The van der Waals surface area contributed by atoms with Gasteiger partial charge in [0, 0.05) is 18.8 Å². The molecule has 2 N–H and O–H groups in total. The molecule has 20 heavy (non-hydrogen) atoms. The van der Waals surface area contributed by atoms with Crippen molar-refractivity contribution in [3.8, 4) is 0 Å². The first-order valence-electron chi connectivity index (χ1n) is 6.12. The molecule has 1 aliphatic heterocycles. The molecule has 0 aromatic carbocycles. The maximum Gasteiger partial charge on any atom is 0.272 e. The summed E-state index contributed by atoms with van der Waals surface area (Å²) in [5.74, 6) is -2.21. The Morgan fingerprint density at radius 1 is 1.35 bits per heavy atom. The summed E-state index contributed by atoms with van der Waals surface area (Å²) in [6.45, 7) is -0.0829. The third-order valence-electron chi connectivity index (χ3n) is 3.88. The molecule has 1 saturated heterocycles. The Kier molecular flexibility index (Phi) is 3.06. The van der Waals surface area contributed by atoms with E-state index < -0.39 is 11.3 Å². The van der Waals surface area contributed by atoms with E-state index in [2.05, 4.69) is 9.97 Å². The highest BCUT2D eigenvalue weighted by molar-refractivity contribution is 6.48. The fourth-order valence-corrected chi connectivity index (χ4v) is 2.79. The van der Waals surface area contributed by atoms with Gasteiger partial charge >= 0.3 is 0 Å². The molecule has 2 fully saturated rings. The molecule has 0 amide bonds. The minimum atomic E-state index is -2.70. The van der Waals surface area contributed by atoms with Crippen LogP contribution in [-0.2, 0) is 0 Å². The lowest BCUT2D eigenvalue weighted by molar-refractivity contribution is -0.0334. The van der Waals surface area contributed by atoms with Gasteiger partial charge in [-0.3, -0.25) is 0 Å². The first-order valence-corrected chi connectivity index (χ1v) is 6.88. The van der Waals surface area contributed by atoms with E-state index in [0.29, 0.717) is 18.7 Å². The van der Waals surface area contributed by atoms with E-state index in [4.69, 9.17) is 28.9 Å². The van der Waals surface area contributed by atoms with Crippen LogP contribution in [0.2, 0.25) is 5.15 Å². The minimum Gasteiger partial charge on any atom is -0.403 e. The predicted octanol–water partition coefficient (Wildman–Crippen LogP) is 2.86. The van der Waals surface area contributed by atoms with Gasteiger partial charge in [-0.1, -0.05) is 23.2 Å². The molecule has 1 aliphatic carbocycles. The fraction of sp³-hybridized carbons (Fsp3) is 0.500. The van der Waals surface area contributed by atoms with Gasteiger partial charge in [-0.15, -0.1) is 0 Å². The van der Waals surface area contributed by atoms with Gasteiger partial charge in [0.25, 0.3) is 5.92 Å². The van der Waals surface area contributed by atoms with E-state index in [1.165, 1.54) is 11.0 Å². The highest BCUT2D eigenvalue weighted by Gasteiger charge is 2.67. The van der Waals surface area contributed by atoms with Crippen molar-refractivity contribution < 1.29 is 8.78 Å². The van der Waals surface area contributed by atoms with Crippen molar-refractivity contribution in [1.29, 1.82) is 0 Å². The second-order valence-corrected chi connectivity index (χ2v) is 6.02. The monoisotopic (exact) mass is 320 g/mol. The van der Waals surface area contributed by atoms with Crippen LogP contribution in [0.15, 0.2) is 12.3 Å². The van der Waals surface area contributed by atoms with E-state index in [1.807, 2.05) is 0 Å². The Hall–Kier alpha value is -1.14. The largest absolute Gasteiger partial charge is 0.403 e. The number of halogens is 4. The molecular formula is C12H12Cl2F2N4. The van der Waals surface area contributed by atoms with Crippen molar-refractivity contribution in [3.63, 3.8) is 0 Å². The van der Waals surface area contributed by atoms with Crippen LogP contribution in [0.1, 0.15) is 18.7 Å². The Bertz CT molecular complexity index is 581. The molecule has 8 heteroatoms. The van der Waals surface area contributed by atoms with Crippen LogP contribution in [0.4, 0.5) is 14.6 Å².